The monoisotopic (exact) mass is 524 g/mol. The minimum Gasteiger partial charge on any atom is -0.246 e. The van der Waals surface area contributed by atoms with Gasteiger partial charge >= 0.3 is 11.9 Å². The number of hydrogen-bond donors (Lipinski definition) is 0. The van der Waals surface area contributed by atoms with Gasteiger partial charge in [-0.1, -0.05) is 133 Å². The molecule has 1 saturated heterocycles. The Balaban J connectivity index is 1.78. The zero-order chi connectivity index (χ0) is 27.7. The maximum Gasteiger partial charge on any atom is 0.397 e. The highest BCUT2D eigenvalue weighted by molar-refractivity contribution is 5.86. The third-order valence-corrected chi connectivity index (χ3v) is 8.30. The van der Waals surface area contributed by atoms with Crippen LogP contribution in [0.1, 0.15) is 104 Å². The average molecular weight is 525 g/mol. The zero-order valence-corrected chi connectivity index (χ0v) is 23.7. The Kier molecular flexibility index (Phi) is 10.5. The van der Waals surface area contributed by atoms with E-state index in [2.05, 4.69) is 20.8 Å². The summed E-state index contributed by atoms with van der Waals surface area (Å²) >= 11 is 0. The van der Waals surface area contributed by atoms with Crippen molar-refractivity contribution in [1.29, 1.82) is 0 Å². The second-order valence-corrected chi connectivity index (χ2v) is 11.0. The summed E-state index contributed by atoms with van der Waals surface area (Å²) in [5.74, 6) is -1.40. The highest BCUT2D eigenvalue weighted by Crippen LogP contribution is 2.49. The summed E-state index contributed by atoms with van der Waals surface area (Å²) in [6.07, 6.45) is 9.12. The van der Waals surface area contributed by atoms with Gasteiger partial charge in [-0.2, -0.15) is 0 Å². The number of rotatable bonds is 14. The molecule has 0 N–H and O–H groups in total. The fraction of sp³-hybridized carbons (Fsp3) is 0.562. The lowest BCUT2D eigenvalue weighted by atomic mass is 9.58. The van der Waals surface area contributed by atoms with Crippen molar-refractivity contribution in [1.82, 2.24) is 0 Å². The molecule has 0 bridgehead atoms. The van der Waals surface area contributed by atoms with Gasteiger partial charge in [-0.25, -0.2) is 29.1 Å². The molecule has 1 aliphatic heterocycles. The number of unbranched alkanes of at least 4 members (excludes halogenated alkanes) is 6. The van der Waals surface area contributed by atoms with Crippen LogP contribution in [0, 0.1) is 5.41 Å². The van der Waals surface area contributed by atoms with Gasteiger partial charge in [0.2, 0.25) is 0 Å². The van der Waals surface area contributed by atoms with Gasteiger partial charge in [-0.05, 0) is 30.7 Å². The van der Waals surface area contributed by atoms with E-state index in [1.54, 1.807) is 31.2 Å². The van der Waals surface area contributed by atoms with Gasteiger partial charge in [0.05, 0.1) is 0 Å². The topological polar surface area (TPSA) is 71.1 Å². The van der Waals surface area contributed by atoms with Gasteiger partial charge in [0.25, 0.3) is 5.60 Å². The first-order valence-electron chi connectivity index (χ1n) is 14.1. The lowest BCUT2D eigenvalue weighted by molar-refractivity contribution is -0.504. The normalized spacial score (nSPS) is 20.7. The molecule has 0 aliphatic carbocycles. The van der Waals surface area contributed by atoms with Crippen molar-refractivity contribution < 1.29 is 29.1 Å². The van der Waals surface area contributed by atoms with E-state index in [1.807, 2.05) is 43.3 Å². The van der Waals surface area contributed by atoms with E-state index in [0.29, 0.717) is 12.0 Å². The number of hydrogen-bond acceptors (Lipinski definition) is 6. The van der Waals surface area contributed by atoms with E-state index in [-0.39, 0.29) is 0 Å². The summed E-state index contributed by atoms with van der Waals surface area (Å²) in [7, 11) is 0. The molecule has 3 unspecified atom stereocenters. The van der Waals surface area contributed by atoms with E-state index >= 15 is 0 Å². The maximum atomic E-state index is 13.9. The van der Waals surface area contributed by atoms with Crippen LogP contribution in [-0.4, -0.2) is 18.0 Å². The van der Waals surface area contributed by atoms with Crippen LogP contribution >= 0.6 is 0 Å². The Labute approximate surface area is 227 Å². The predicted molar refractivity (Wildman–Crippen MR) is 147 cm³/mol. The summed E-state index contributed by atoms with van der Waals surface area (Å²) < 4.78 is 0. The number of benzene rings is 2. The molecular formula is C32H44O6. The van der Waals surface area contributed by atoms with Gasteiger partial charge in [0, 0.05) is 5.56 Å². The fourth-order valence-electron chi connectivity index (χ4n) is 5.81. The highest BCUT2D eigenvalue weighted by Gasteiger charge is 2.60. The Morgan fingerprint density at radius 2 is 1.42 bits per heavy atom. The van der Waals surface area contributed by atoms with Crippen LogP contribution in [0.2, 0.25) is 0 Å². The van der Waals surface area contributed by atoms with Crippen molar-refractivity contribution in [3.63, 3.8) is 0 Å². The SMILES string of the molecule is CCCCCCCCCC(C)(C)C(CC)(C(=O)OOC(=O)C1(c2ccccc2)OOC1C)c1ccccc1. The van der Waals surface area contributed by atoms with Crippen LogP contribution < -0.4 is 0 Å². The van der Waals surface area contributed by atoms with E-state index in [9.17, 15) is 9.59 Å². The molecule has 0 spiro atoms. The zero-order valence-electron chi connectivity index (χ0n) is 23.7. The van der Waals surface area contributed by atoms with Gasteiger partial charge in [-0.3, -0.25) is 0 Å². The van der Waals surface area contributed by atoms with Crippen LogP contribution in [-0.2, 0) is 40.2 Å². The molecule has 2 aromatic rings. The summed E-state index contributed by atoms with van der Waals surface area (Å²) in [6, 6.07) is 18.6. The largest absolute Gasteiger partial charge is 0.397 e. The molecule has 3 rings (SSSR count). The molecule has 1 heterocycles. The lowest BCUT2D eigenvalue weighted by Gasteiger charge is -2.45. The molecule has 6 nitrogen and oxygen atoms in total. The molecule has 208 valence electrons. The molecule has 1 fully saturated rings. The molecule has 0 aromatic heterocycles. The Hall–Kier alpha value is -2.70. The standard InChI is InChI=1S/C32H44O6/c1-6-8-9-10-11-12-19-24-30(4,5)31(7-2,26-20-15-13-16-21-26)28(33)36-37-29(34)32(25(3)35-38-32)27-22-17-14-18-23-27/h13-18,20-23,25H,6-12,19,24H2,1-5H3. The van der Waals surface area contributed by atoms with Crippen LogP contribution in [0.5, 0.6) is 0 Å². The Morgan fingerprint density at radius 3 is 1.95 bits per heavy atom. The maximum absolute atomic E-state index is 13.9. The third-order valence-electron chi connectivity index (χ3n) is 8.30. The van der Waals surface area contributed by atoms with Gasteiger partial charge in [-0.15, -0.1) is 0 Å². The third kappa shape index (κ3) is 5.97. The molecule has 3 atom stereocenters. The molecular weight excluding hydrogens is 480 g/mol. The number of carbonyl (C=O) groups excluding carboxylic acids is 2. The van der Waals surface area contributed by atoms with E-state index in [1.165, 1.54) is 32.1 Å². The minimum atomic E-state index is -1.49. The molecule has 0 amide bonds. The summed E-state index contributed by atoms with van der Waals surface area (Å²) in [5, 5.41) is 0. The first-order valence-corrected chi connectivity index (χ1v) is 14.1. The first kappa shape index (κ1) is 29.9. The van der Waals surface area contributed by atoms with Crippen molar-refractivity contribution in [2.75, 3.05) is 0 Å². The van der Waals surface area contributed by atoms with Gasteiger partial charge in [0.1, 0.15) is 11.5 Å². The Morgan fingerprint density at radius 1 is 0.842 bits per heavy atom. The molecule has 0 saturated carbocycles. The quantitative estimate of drug-likeness (QED) is 0.143. The molecule has 1 aliphatic rings. The molecule has 38 heavy (non-hydrogen) atoms. The highest BCUT2D eigenvalue weighted by atomic mass is 17.3. The molecule has 2 aromatic carbocycles. The van der Waals surface area contributed by atoms with Crippen molar-refractivity contribution >= 4 is 11.9 Å². The Bertz CT molecular complexity index is 1020. The van der Waals surface area contributed by atoms with Crippen molar-refractivity contribution in [2.45, 2.75) is 110 Å². The van der Waals surface area contributed by atoms with Gasteiger partial charge in [0.15, 0.2) is 0 Å². The summed E-state index contributed by atoms with van der Waals surface area (Å²) in [5.41, 5.74) is -1.51. The van der Waals surface area contributed by atoms with E-state index in [0.717, 1.165) is 24.8 Å². The fourth-order valence-corrected chi connectivity index (χ4v) is 5.81. The van der Waals surface area contributed by atoms with Crippen LogP contribution in [0.4, 0.5) is 0 Å². The van der Waals surface area contributed by atoms with Crippen LogP contribution in [0.3, 0.4) is 0 Å². The van der Waals surface area contributed by atoms with Crippen molar-refractivity contribution in [3.8, 4) is 0 Å². The van der Waals surface area contributed by atoms with Crippen molar-refractivity contribution in [2.24, 2.45) is 5.41 Å². The first-order chi connectivity index (χ1) is 18.3. The van der Waals surface area contributed by atoms with Crippen LogP contribution in [0.15, 0.2) is 60.7 Å². The smallest absolute Gasteiger partial charge is 0.246 e. The second kappa shape index (κ2) is 13.4. The summed E-state index contributed by atoms with van der Waals surface area (Å²) in [6.45, 7) is 10.1. The lowest BCUT2D eigenvalue weighted by Crippen LogP contribution is -2.58. The summed E-state index contributed by atoms with van der Waals surface area (Å²) in [4.78, 5) is 48.3. The number of carbonyl (C=O) groups is 2. The second-order valence-electron chi connectivity index (χ2n) is 11.0. The minimum absolute atomic E-state index is 0.448. The average Bonchev–Trinajstić information content (AvgIpc) is 2.92. The van der Waals surface area contributed by atoms with Gasteiger partial charge < -0.3 is 0 Å². The van der Waals surface area contributed by atoms with Crippen molar-refractivity contribution in [3.05, 3.63) is 71.8 Å². The van der Waals surface area contributed by atoms with E-state index in [4.69, 9.17) is 19.6 Å². The van der Waals surface area contributed by atoms with E-state index < -0.39 is 34.5 Å². The molecule has 0 radical (unpaired) electrons. The molecule has 6 heteroatoms. The predicted octanol–water partition coefficient (Wildman–Crippen LogP) is 7.75. The van der Waals surface area contributed by atoms with Crippen LogP contribution in [0.25, 0.3) is 0 Å².